The van der Waals surface area contributed by atoms with Gasteiger partial charge in [-0.2, -0.15) is 0 Å². The van der Waals surface area contributed by atoms with Crippen molar-refractivity contribution in [3.63, 3.8) is 0 Å². The van der Waals surface area contributed by atoms with Crippen molar-refractivity contribution in [3.8, 4) is 0 Å². The number of nitrogens with zero attached hydrogens (tertiary/aromatic N) is 1. The van der Waals surface area contributed by atoms with Gasteiger partial charge in [0.25, 0.3) is 0 Å². The van der Waals surface area contributed by atoms with Gasteiger partial charge in [-0.05, 0) is 75.2 Å². The second-order valence-electron chi connectivity index (χ2n) is 9.59. The fourth-order valence-corrected chi connectivity index (χ4v) is 6.07. The second-order valence-corrected chi connectivity index (χ2v) is 11.0. The largest absolute Gasteiger partial charge is 0.341 e. The lowest BCUT2D eigenvalue weighted by molar-refractivity contribution is -0.120. The molecule has 1 heterocycles. The zero-order chi connectivity index (χ0) is 25.1. The highest BCUT2D eigenvalue weighted by Gasteiger charge is 2.21. The van der Waals surface area contributed by atoms with E-state index in [1.165, 1.54) is 34.6 Å². The van der Waals surface area contributed by atoms with Crippen LogP contribution in [0.25, 0.3) is 21.8 Å². The highest BCUT2D eigenvalue weighted by molar-refractivity contribution is 8.00. The molecule has 0 radical (unpaired) electrons. The maximum absolute atomic E-state index is 13.0. The summed E-state index contributed by atoms with van der Waals surface area (Å²) in [5.41, 5.74) is 4.00. The predicted molar refractivity (Wildman–Crippen MR) is 151 cm³/mol. The van der Waals surface area contributed by atoms with Gasteiger partial charge < -0.3 is 15.2 Å². The highest BCUT2D eigenvalue weighted by Crippen LogP contribution is 2.32. The van der Waals surface area contributed by atoms with Gasteiger partial charge in [-0.25, -0.2) is 0 Å². The number of para-hydroxylation sites is 1. The number of aryl methyl sites for hydroxylation is 1. The van der Waals surface area contributed by atoms with Crippen molar-refractivity contribution in [2.75, 3.05) is 10.6 Å². The molecule has 1 saturated carbocycles. The zero-order valence-corrected chi connectivity index (χ0v) is 21.7. The van der Waals surface area contributed by atoms with Crippen LogP contribution in [-0.4, -0.2) is 21.6 Å². The number of amides is 2. The summed E-state index contributed by atoms with van der Waals surface area (Å²) in [6.45, 7) is 4.96. The molecule has 3 aromatic carbocycles. The van der Waals surface area contributed by atoms with E-state index in [1.807, 2.05) is 37.3 Å². The van der Waals surface area contributed by atoms with E-state index in [2.05, 4.69) is 58.5 Å². The van der Waals surface area contributed by atoms with Gasteiger partial charge >= 0.3 is 0 Å². The molecule has 1 aliphatic carbocycles. The normalized spacial score (nSPS) is 15.2. The Morgan fingerprint density at radius 1 is 0.889 bits per heavy atom. The molecule has 2 amide bonds. The van der Waals surface area contributed by atoms with Crippen LogP contribution in [0.3, 0.4) is 0 Å². The van der Waals surface area contributed by atoms with Crippen LogP contribution in [-0.2, 0) is 16.1 Å². The number of nitrogens with one attached hydrogen (secondary N) is 2. The first kappa shape index (κ1) is 24.4. The molecular weight excluding hydrogens is 466 g/mol. The summed E-state index contributed by atoms with van der Waals surface area (Å²) in [6, 6.07) is 22.3. The number of benzene rings is 3. The number of anilines is 2. The molecule has 5 rings (SSSR count). The topological polar surface area (TPSA) is 63.1 Å². The number of carbonyl (C=O) groups is 2. The third-order valence-electron chi connectivity index (χ3n) is 7.14. The summed E-state index contributed by atoms with van der Waals surface area (Å²) in [5, 5.41) is 8.23. The molecule has 36 heavy (non-hydrogen) atoms. The molecule has 0 bridgehead atoms. The van der Waals surface area contributed by atoms with Crippen LogP contribution in [0.5, 0.6) is 0 Å². The van der Waals surface area contributed by atoms with E-state index in [4.69, 9.17) is 0 Å². The number of thioether (sulfide) groups is 1. The van der Waals surface area contributed by atoms with E-state index < -0.39 is 0 Å². The van der Waals surface area contributed by atoms with Crippen LogP contribution >= 0.6 is 11.8 Å². The van der Waals surface area contributed by atoms with Gasteiger partial charge in [0, 0.05) is 50.5 Å². The molecule has 6 heteroatoms. The number of hydrogen-bond donors (Lipinski definition) is 2. The number of hydrogen-bond acceptors (Lipinski definition) is 3. The first-order valence-corrected chi connectivity index (χ1v) is 13.8. The van der Waals surface area contributed by atoms with Crippen LogP contribution in [0.1, 0.15) is 46.0 Å². The average Bonchev–Trinajstić information content (AvgIpc) is 3.23. The second kappa shape index (κ2) is 10.8. The number of rotatable bonds is 7. The summed E-state index contributed by atoms with van der Waals surface area (Å²) in [4.78, 5) is 26.5. The molecule has 5 nitrogen and oxygen atoms in total. The number of fused-ring (bicyclic) bond motifs is 3. The molecule has 1 aliphatic rings. The Morgan fingerprint density at radius 3 is 2.33 bits per heavy atom. The molecular formula is C30H33N3O2S. The highest BCUT2D eigenvalue weighted by atomic mass is 32.2. The van der Waals surface area contributed by atoms with Crippen LogP contribution in [0, 0.1) is 5.92 Å². The molecule has 4 aromatic rings. The Bertz CT molecular complexity index is 1390. The van der Waals surface area contributed by atoms with Crippen molar-refractivity contribution in [2.45, 2.75) is 62.6 Å². The first-order valence-electron chi connectivity index (χ1n) is 12.9. The van der Waals surface area contributed by atoms with Gasteiger partial charge in [0.05, 0.1) is 5.25 Å². The fourth-order valence-electron chi connectivity index (χ4n) is 5.20. The molecule has 0 saturated heterocycles. The average molecular weight is 500 g/mol. The lowest BCUT2D eigenvalue weighted by Gasteiger charge is -2.20. The zero-order valence-electron chi connectivity index (χ0n) is 20.9. The Morgan fingerprint density at radius 2 is 1.58 bits per heavy atom. The number of carbonyl (C=O) groups excluding carboxylic acids is 2. The Labute approximate surface area is 216 Å². The van der Waals surface area contributed by atoms with Crippen molar-refractivity contribution >= 4 is 56.8 Å². The van der Waals surface area contributed by atoms with Crippen molar-refractivity contribution in [3.05, 3.63) is 66.7 Å². The number of aromatic nitrogens is 1. The molecule has 0 spiro atoms. The first-order chi connectivity index (χ1) is 17.5. The van der Waals surface area contributed by atoms with Crippen LogP contribution < -0.4 is 10.6 Å². The van der Waals surface area contributed by atoms with Gasteiger partial charge in [0.15, 0.2) is 0 Å². The Kier molecular flexibility index (Phi) is 7.33. The van der Waals surface area contributed by atoms with Gasteiger partial charge in [-0.15, -0.1) is 11.8 Å². The van der Waals surface area contributed by atoms with Crippen molar-refractivity contribution in [2.24, 2.45) is 5.92 Å². The van der Waals surface area contributed by atoms with E-state index in [-0.39, 0.29) is 23.0 Å². The van der Waals surface area contributed by atoms with Gasteiger partial charge in [-0.1, -0.05) is 37.5 Å². The molecule has 1 aromatic heterocycles. The quantitative estimate of drug-likeness (QED) is 0.260. The maximum Gasteiger partial charge on any atom is 0.237 e. The lowest BCUT2D eigenvalue weighted by atomic mass is 9.88. The van der Waals surface area contributed by atoms with E-state index in [0.717, 1.165) is 53.9 Å². The lowest BCUT2D eigenvalue weighted by Crippen LogP contribution is -2.24. The molecule has 1 atom stereocenters. The fraction of sp³-hybridized carbons (Fsp3) is 0.333. The Hall–Kier alpha value is -3.25. The van der Waals surface area contributed by atoms with Crippen molar-refractivity contribution in [1.82, 2.24) is 4.57 Å². The van der Waals surface area contributed by atoms with E-state index in [1.54, 1.807) is 0 Å². The molecule has 2 N–H and O–H groups in total. The summed E-state index contributed by atoms with van der Waals surface area (Å²) >= 11 is 1.51. The monoisotopic (exact) mass is 499 g/mol. The third-order valence-corrected chi connectivity index (χ3v) is 8.25. The van der Waals surface area contributed by atoms with E-state index in [0.29, 0.717) is 0 Å². The molecule has 0 aliphatic heterocycles. The summed E-state index contributed by atoms with van der Waals surface area (Å²) in [7, 11) is 0. The minimum Gasteiger partial charge on any atom is -0.341 e. The third kappa shape index (κ3) is 5.14. The van der Waals surface area contributed by atoms with E-state index >= 15 is 0 Å². The minimum atomic E-state index is -0.264. The van der Waals surface area contributed by atoms with Crippen LogP contribution in [0.4, 0.5) is 11.4 Å². The summed E-state index contributed by atoms with van der Waals surface area (Å²) < 4.78 is 2.30. The standard InChI is InChI=1S/C30H33N3O2S/c1-3-33-27-12-8-7-11-25(27)26-19-23(15-18-28(26)33)32-29(34)20(2)36-24-16-13-22(14-17-24)31-30(35)21-9-5-4-6-10-21/h7-8,11-21H,3-6,9-10H2,1-2H3,(H,31,35)(H,32,34). The molecule has 1 fully saturated rings. The van der Waals surface area contributed by atoms with Gasteiger partial charge in [0.2, 0.25) is 11.8 Å². The predicted octanol–water partition coefficient (Wildman–Crippen LogP) is 7.45. The minimum absolute atomic E-state index is 0.0340. The SMILES string of the molecule is CCn1c2ccccc2c2cc(NC(=O)C(C)Sc3ccc(NC(=O)C4CCCCC4)cc3)ccc21. The van der Waals surface area contributed by atoms with Gasteiger partial charge in [-0.3, -0.25) is 9.59 Å². The summed E-state index contributed by atoms with van der Waals surface area (Å²) in [5.74, 6) is 0.226. The van der Waals surface area contributed by atoms with Crippen molar-refractivity contribution in [1.29, 1.82) is 0 Å². The molecule has 186 valence electrons. The van der Waals surface area contributed by atoms with Crippen LogP contribution in [0.2, 0.25) is 0 Å². The van der Waals surface area contributed by atoms with Crippen molar-refractivity contribution < 1.29 is 9.59 Å². The molecule has 1 unspecified atom stereocenters. The summed E-state index contributed by atoms with van der Waals surface area (Å²) in [6.07, 6.45) is 5.49. The van der Waals surface area contributed by atoms with Crippen LogP contribution in [0.15, 0.2) is 71.6 Å². The van der Waals surface area contributed by atoms with E-state index in [9.17, 15) is 9.59 Å². The smallest absolute Gasteiger partial charge is 0.237 e. The Balaban J connectivity index is 1.22. The maximum atomic E-state index is 13.0. The van der Waals surface area contributed by atoms with Gasteiger partial charge in [0.1, 0.15) is 0 Å².